The van der Waals surface area contributed by atoms with E-state index < -0.39 is 6.10 Å². The second-order valence-electron chi connectivity index (χ2n) is 8.93. The monoisotopic (exact) mass is 426 g/mol. The zero-order valence-electron chi connectivity index (χ0n) is 17.9. The fourth-order valence-electron chi connectivity index (χ4n) is 5.20. The van der Waals surface area contributed by atoms with Gasteiger partial charge in [-0.15, -0.1) is 0 Å². The van der Waals surface area contributed by atoms with Crippen LogP contribution >= 0.6 is 0 Å². The number of fused-ring (bicyclic) bond motifs is 1. The van der Waals surface area contributed by atoms with Crippen LogP contribution in [0.2, 0.25) is 0 Å². The van der Waals surface area contributed by atoms with Gasteiger partial charge in [0.2, 0.25) is 0 Å². The number of hydrogen-bond donors (Lipinski definition) is 1. The molecule has 3 aliphatic rings. The first kappa shape index (κ1) is 20.4. The molecule has 0 bridgehead atoms. The molecule has 1 amide bonds. The van der Waals surface area contributed by atoms with Crippen LogP contribution in [0, 0.1) is 18.8 Å². The number of morpholine rings is 1. The summed E-state index contributed by atoms with van der Waals surface area (Å²) in [7, 11) is 0. The average Bonchev–Trinajstić information content (AvgIpc) is 3.40. The van der Waals surface area contributed by atoms with Gasteiger partial charge in [-0.25, -0.2) is 0 Å². The summed E-state index contributed by atoms with van der Waals surface area (Å²) in [5.74, 6) is 1.80. The van der Waals surface area contributed by atoms with Gasteiger partial charge in [-0.1, -0.05) is 12.1 Å². The summed E-state index contributed by atoms with van der Waals surface area (Å²) in [4.78, 5) is 17.0. The molecule has 1 N–H and O–H groups in total. The third-order valence-corrected chi connectivity index (χ3v) is 6.92. The van der Waals surface area contributed by atoms with Crippen molar-refractivity contribution in [2.24, 2.45) is 11.8 Å². The number of aliphatic hydroxyl groups is 1. The predicted octanol–water partition coefficient (Wildman–Crippen LogP) is 2.72. The molecule has 2 aliphatic heterocycles. The molecule has 4 atom stereocenters. The van der Waals surface area contributed by atoms with E-state index in [0.29, 0.717) is 50.3 Å². The number of rotatable bonds is 4. The van der Waals surface area contributed by atoms with Crippen LogP contribution in [-0.4, -0.2) is 67.5 Å². The Morgan fingerprint density at radius 3 is 2.58 bits per heavy atom. The first-order chi connectivity index (χ1) is 15.1. The summed E-state index contributed by atoms with van der Waals surface area (Å²) in [6.07, 6.45) is 2.13. The molecule has 0 unspecified atom stereocenters. The number of furan rings is 1. The number of aryl methyl sites for hydroxylation is 1. The number of para-hydroxylation sites is 2. The highest BCUT2D eigenvalue weighted by atomic mass is 16.5. The molecule has 1 aromatic heterocycles. The lowest BCUT2D eigenvalue weighted by Crippen LogP contribution is -2.42. The molecule has 7 heteroatoms. The summed E-state index contributed by atoms with van der Waals surface area (Å²) < 4.78 is 17.3. The van der Waals surface area contributed by atoms with E-state index >= 15 is 0 Å². The number of likely N-dealkylation sites (tertiary alicyclic amines) is 1. The number of amides is 1. The van der Waals surface area contributed by atoms with Crippen molar-refractivity contribution < 1.29 is 23.8 Å². The highest BCUT2D eigenvalue weighted by molar-refractivity contribution is 5.93. The summed E-state index contributed by atoms with van der Waals surface area (Å²) in [5.41, 5.74) is 1.91. The number of ether oxygens (including phenoxy) is 2. The van der Waals surface area contributed by atoms with Crippen LogP contribution in [0.3, 0.4) is 0 Å². The summed E-state index contributed by atoms with van der Waals surface area (Å²) in [6, 6.07) is 9.85. The Morgan fingerprint density at radius 1 is 1.10 bits per heavy atom. The van der Waals surface area contributed by atoms with Crippen molar-refractivity contribution in [2.75, 3.05) is 44.3 Å². The van der Waals surface area contributed by atoms with Gasteiger partial charge in [0.15, 0.2) is 5.76 Å². The summed E-state index contributed by atoms with van der Waals surface area (Å²) in [5, 5.41) is 10.9. The summed E-state index contributed by atoms with van der Waals surface area (Å²) in [6.45, 7) is 6.33. The van der Waals surface area contributed by atoms with Crippen LogP contribution in [0.1, 0.15) is 29.0 Å². The predicted molar refractivity (Wildman–Crippen MR) is 115 cm³/mol. The lowest BCUT2D eigenvalue weighted by Gasteiger charge is -2.36. The minimum Gasteiger partial charge on any atom is -0.486 e. The molecular weight excluding hydrogens is 396 g/mol. The average molecular weight is 427 g/mol. The van der Waals surface area contributed by atoms with Crippen LogP contribution < -0.4 is 9.64 Å². The Kier molecular flexibility index (Phi) is 5.63. The zero-order chi connectivity index (χ0) is 21.4. The standard InChI is InChI=1S/C24H30N2O5/c1-16-6-9-30-23(16)24(28)26-14-17-12-20(27)22(13-18(17)15-26)31-21-5-3-2-4-19(21)25-7-10-29-11-8-25/h2-6,9,17-18,20,22,27H,7-8,10-15H2,1H3/t17-,18+,20+,22+/m0/s1. The maximum Gasteiger partial charge on any atom is 0.289 e. The molecule has 0 radical (unpaired) electrons. The molecule has 5 rings (SSSR count). The summed E-state index contributed by atoms with van der Waals surface area (Å²) >= 11 is 0. The molecule has 1 aromatic carbocycles. The van der Waals surface area contributed by atoms with Crippen LogP contribution in [0.5, 0.6) is 5.75 Å². The molecule has 2 saturated heterocycles. The quantitative estimate of drug-likeness (QED) is 0.810. The van der Waals surface area contributed by atoms with Crippen LogP contribution in [0.4, 0.5) is 5.69 Å². The SMILES string of the molecule is Cc1ccoc1C(=O)N1C[C@H]2C[C@@H](Oc3ccccc3N3CCOCC3)[C@H](O)C[C@H]2C1. The lowest BCUT2D eigenvalue weighted by atomic mass is 9.78. The molecule has 2 aromatic rings. The first-order valence-corrected chi connectivity index (χ1v) is 11.2. The van der Waals surface area contributed by atoms with Gasteiger partial charge in [0, 0.05) is 31.7 Å². The van der Waals surface area contributed by atoms with E-state index in [4.69, 9.17) is 13.9 Å². The van der Waals surface area contributed by atoms with Crippen molar-refractivity contribution in [1.82, 2.24) is 4.90 Å². The fourth-order valence-corrected chi connectivity index (χ4v) is 5.20. The van der Waals surface area contributed by atoms with Gasteiger partial charge in [-0.05, 0) is 49.8 Å². The van der Waals surface area contributed by atoms with Crippen molar-refractivity contribution in [3.63, 3.8) is 0 Å². The third kappa shape index (κ3) is 4.04. The van der Waals surface area contributed by atoms with E-state index in [-0.39, 0.29) is 12.0 Å². The van der Waals surface area contributed by atoms with Crippen LogP contribution in [0.15, 0.2) is 41.0 Å². The number of carbonyl (C=O) groups is 1. The van der Waals surface area contributed by atoms with Gasteiger partial charge in [0.1, 0.15) is 11.9 Å². The maximum absolute atomic E-state index is 12.9. The van der Waals surface area contributed by atoms with Gasteiger partial charge < -0.3 is 28.8 Å². The Labute approximate surface area is 182 Å². The molecular formula is C24H30N2O5. The van der Waals surface area contributed by atoms with Gasteiger partial charge in [-0.2, -0.15) is 0 Å². The number of nitrogens with zero attached hydrogens (tertiary/aromatic N) is 2. The zero-order valence-corrected chi connectivity index (χ0v) is 17.9. The first-order valence-electron chi connectivity index (χ1n) is 11.2. The van der Waals surface area contributed by atoms with Crippen molar-refractivity contribution in [2.45, 2.75) is 32.0 Å². The third-order valence-electron chi connectivity index (χ3n) is 6.92. The number of carbonyl (C=O) groups excluding carboxylic acids is 1. The number of aliphatic hydroxyl groups excluding tert-OH is 1. The molecule has 1 aliphatic carbocycles. The highest BCUT2D eigenvalue weighted by Gasteiger charge is 2.44. The molecule has 0 spiro atoms. The van der Waals surface area contributed by atoms with Gasteiger partial charge in [0.05, 0.1) is 31.3 Å². The highest BCUT2D eigenvalue weighted by Crippen LogP contribution is 2.40. The van der Waals surface area contributed by atoms with Gasteiger partial charge in [-0.3, -0.25) is 4.79 Å². The molecule has 3 heterocycles. The van der Waals surface area contributed by atoms with Crippen LogP contribution in [-0.2, 0) is 4.74 Å². The van der Waals surface area contributed by atoms with E-state index in [1.807, 2.05) is 36.1 Å². The van der Waals surface area contributed by atoms with E-state index in [0.717, 1.165) is 36.5 Å². The Balaban J connectivity index is 1.27. The van der Waals surface area contributed by atoms with Crippen molar-refractivity contribution in [3.05, 3.63) is 47.9 Å². The molecule has 31 heavy (non-hydrogen) atoms. The topological polar surface area (TPSA) is 75.4 Å². The molecule has 166 valence electrons. The van der Waals surface area contributed by atoms with E-state index in [1.165, 1.54) is 0 Å². The van der Waals surface area contributed by atoms with Gasteiger partial charge in [0.25, 0.3) is 5.91 Å². The Morgan fingerprint density at radius 2 is 1.84 bits per heavy atom. The Hall–Kier alpha value is -2.51. The maximum atomic E-state index is 12.9. The van der Waals surface area contributed by atoms with Gasteiger partial charge >= 0.3 is 0 Å². The fraction of sp³-hybridized carbons (Fsp3) is 0.542. The van der Waals surface area contributed by atoms with Crippen molar-refractivity contribution in [1.29, 1.82) is 0 Å². The minimum atomic E-state index is -0.542. The largest absolute Gasteiger partial charge is 0.486 e. The smallest absolute Gasteiger partial charge is 0.289 e. The van der Waals surface area contributed by atoms with Crippen molar-refractivity contribution in [3.8, 4) is 5.75 Å². The van der Waals surface area contributed by atoms with E-state index in [2.05, 4.69) is 11.0 Å². The normalized spacial score (nSPS) is 28.5. The number of anilines is 1. The molecule has 7 nitrogen and oxygen atoms in total. The molecule has 1 saturated carbocycles. The molecule has 3 fully saturated rings. The number of hydrogen-bond acceptors (Lipinski definition) is 6. The second kappa shape index (κ2) is 8.55. The van der Waals surface area contributed by atoms with Crippen molar-refractivity contribution >= 4 is 11.6 Å². The van der Waals surface area contributed by atoms with Crippen LogP contribution in [0.25, 0.3) is 0 Å². The second-order valence-corrected chi connectivity index (χ2v) is 8.93. The van der Waals surface area contributed by atoms with E-state index in [1.54, 1.807) is 6.26 Å². The lowest BCUT2D eigenvalue weighted by molar-refractivity contribution is -0.0230. The minimum absolute atomic E-state index is 0.0541. The number of benzene rings is 1. The Bertz CT molecular complexity index is 922. The van der Waals surface area contributed by atoms with E-state index in [9.17, 15) is 9.90 Å².